The standard InChI is InChI=1S/C13H13ClFNO3/c14-11-6-10(15)2-1-8(11)5-12(17)16-4-3-9(7-16)13(18)19/h1-2,6,9H,3-5,7H2,(H,18,19)/t9-/m0/s1. The highest BCUT2D eigenvalue weighted by molar-refractivity contribution is 6.31. The average molecular weight is 286 g/mol. The molecule has 0 aromatic heterocycles. The number of hydrogen-bond donors (Lipinski definition) is 1. The molecule has 1 saturated heterocycles. The molecule has 0 radical (unpaired) electrons. The van der Waals surface area contributed by atoms with Crippen molar-refractivity contribution >= 4 is 23.5 Å². The zero-order chi connectivity index (χ0) is 14.0. The van der Waals surface area contributed by atoms with Crippen molar-refractivity contribution in [3.63, 3.8) is 0 Å². The quantitative estimate of drug-likeness (QED) is 0.923. The van der Waals surface area contributed by atoms with E-state index in [2.05, 4.69) is 0 Å². The number of carbonyl (C=O) groups excluding carboxylic acids is 1. The second-order valence-corrected chi connectivity index (χ2v) is 4.98. The van der Waals surface area contributed by atoms with E-state index < -0.39 is 17.7 Å². The fraction of sp³-hybridized carbons (Fsp3) is 0.385. The number of likely N-dealkylation sites (tertiary alicyclic amines) is 1. The van der Waals surface area contributed by atoms with Gasteiger partial charge in [0, 0.05) is 18.1 Å². The Bertz CT molecular complexity index is 521. The Hall–Kier alpha value is -1.62. The van der Waals surface area contributed by atoms with Crippen LogP contribution in [0.5, 0.6) is 0 Å². The van der Waals surface area contributed by atoms with Crippen molar-refractivity contribution in [3.05, 3.63) is 34.6 Å². The van der Waals surface area contributed by atoms with Crippen molar-refractivity contribution < 1.29 is 19.1 Å². The average Bonchev–Trinajstić information content (AvgIpc) is 2.82. The summed E-state index contributed by atoms with van der Waals surface area (Å²) in [5.74, 6) is -2.01. The van der Waals surface area contributed by atoms with E-state index in [1.807, 2.05) is 0 Å². The van der Waals surface area contributed by atoms with Crippen LogP contribution in [0.1, 0.15) is 12.0 Å². The van der Waals surface area contributed by atoms with Gasteiger partial charge < -0.3 is 10.0 Å². The molecule has 0 saturated carbocycles. The van der Waals surface area contributed by atoms with E-state index >= 15 is 0 Å². The summed E-state index contributed by atoms with van der Waals surface area (Å²) in [6, 6.07) is 3.88. The van der Waals surface area contributed by atoms with Gasteiger partial charge >= 0.3 is 5.97 Å². The molecule has 2 rings (SSSR count). The number of benzene rings is 1. The third-order valence-corrected chi connectivity index (χ3v) is 3.60. The molecule has 1 aromatic rings. The topological polar surface area (TPSA) is 57.6 Å². The highest BCUT2D eigenvalue weighted by atomic mass is 35.5. The van der Waals surface area contributed by atoms with Crippen molar-refractivity contribution in [1.29, 1.82) is 0 Å². The van der Waals surface area contributed by atoms with Gasteiger partial charge in [-0.2, -0.15) is 0 Å². The lowest BCUT2D eigenvalue weighted by molar-refractivity contribution is -0.141. The molecule has 1 aliphatic heterocycles. The first kappa shape index (κ1) is 13.8. The van der Waals surface area contributed by atoms with E-state index in [1.165, 1.54) is 17.0 Å². The third kappa shape index (κ3) is 3.23. The van der Waals surface area contributed by atoms with E-state index in [1.54, 1.807) is 0 Å². The van der Waals surface area contributed by atoms with Gasteiger partial charge in [-0.3, -0.25) is 9.59 Å². The van der Waals surface area contributed by atoms with Crippen LogP contribution in [0.25, 0.3) is 0 Å². The molecule has 1 aromatic carbocycles. The second-order valence-electron chi connectivity index (χ2n) is 4.58. The van der Waals surface area contributed by atoms with E-state index in [0.29, 0.717) is 18.5 Å². The molecule has 1 N–H and O–H groups in total. The minimum Gasteiger partial charge on any atom is -0.481 e. The third-order valence-electron chi connectivity index (χ3n) is 3.25. The summed E-state index contributed by atoms with van der Waals surface area (Å²) in [5.41, 5.74) is 0.548. The van der Waals surface area contributed by atoms with Crippen LogP contribution < -0.4 is 0 Å². The lowest BCUT2D eigenvalue weighted by Crippen LogP contribution is -2.31. The molecule has 0 unspecified atom stereocenters. The fourth-order valence-corrected chi connectivity index (χ4v) is 2.36. The molecule has 1 heterocycles. The van der Waals surface area contributed by atoms with Crippen molar-refractivity contribution in [1.82, 2.24) is 4.90 Å². The summed E-state index contributed by atoms with van der Waals surface area (Å²) in [6.07, 6.45) is 0.531. The summed E-state index contributed by atoms with van der Waals surface area (Å²) in [5, 5.41) is 9.09. The van der Waals surface area contributed by atoms with Crippen LogP contribution in [-0.4, -0.2) is 35.0 Å². The molecule has 0 aliphatic carbocycles. The van der Waals surface area contributed by atoms with Crippen LogP contribution in [0.15, 0.2) is 18.2 Å². The Morgan fingerprint density at radius 3 is 2.79 bits per heavy atom. The van der Waals surface area contributed by atoms with Gasteiger partial charge in [0.1, 0.15) is 5.82 Å². The number of amides is 1. The van der Waals surface area contributed by atoms with Crippen LogP contribution >= 0.6 is 11.6 Å². The van der Waals surface area contributed by atoms with E-state index in [9.17, 15) is 14.0 Å². The second kappa shape index (κ2) is 5.57. The first-order chi connectivity index (χ1) is 8.97. The van der Waals surface area contributed by atoms with Gasteiger partial charge in [-0.05, 0) is 24.1 Å². The molecule has 6 heteroatoms. The van der Waals surface area contributed by atoms with Crippen LogP contribution in [0.2, 0.25) is 5.02 Å². The molecule has 102 valence electrons. The Labute approximate surface area is 114 Å². The molecule has 1 atom stereocenters. The molecule has 4 nitrogen and oxygen atoms in total. The maximum Gasteiger partial charge on any atom is 0.308 e. The lowest BCUT2D eigenvalue weighted by Gasteiger charge is -2.16. The Morgan fingerprint density at radius 2 is 2.21 bits per heavy atom. The molecule has 19 heavy (non-hydrogen) atoms. The maximum atomic E-state index is 12.9. The summed E-state index contributed by atoms with van der Waals surface area (Å²) in [4.78, 5) is 24.3. The van der Waals surface area contributed by atoms with Gasteiger partial charge in [-0.1, -0.05) is 17.7 Å². The van der Waals surface area contributed by atoms with Crippen LogP contribution in [-0.2, 0) is 16.0 Å². The summed E-state index contributed by atoms with van der Waals surface area (Å²) < 4.78 is 12.9. The van der Waals surface area contributed by atoms with Crippen molar-refractivity contribution in [2.45, 2.75) is 12.8 Å². The van der Waals surface area contributed by atoms with Gasteiger partial charge in [-0.25, -0.2) is 4.39 Å². The highest BCUT2D eigenvalue weighted by Gasteiger charge is 2.30. The zero-order valence-corrected chi connectivity index (χ0v) is 10.9. The number of hydrogen-bond acceptors (Lipinski definition) is 2. The fourth-order valence-electron chi connectivity index (χ4n) is 2.13. The first-order valence-corrected chi connectivity index (χ1v) is 6.29. The zero-order valence-electron chi connectivity index (χ0n) is 10.1. The lowest BCUT2D eigenvalue weighted by atomic mass is 10.1. The molecular weight excluding hydrogens is 273 g/mol. The Kier molecular flexibility index (Phi) is 4.04. The number of carbonyl (C=O) groups is 2. The smallest absolute Gasteiger partial charge is 0.308 e. The largest absolute Gasteiger partial charge is 0.481 e. The summed E-state index contributed by atoms with van der Waals surface area (Å²) in [6.45, 7) is 0.668. The van der Waals surface area contributed by atoms with Gasteiger partial charge in [0.2, 0.25) is 5.91 Å². The van der Waals surface area contributed by atoms with Crippen LogP contribution in [0.4, 0.5) is 4.39 Å². The minimum atomic E-state index is -0.880. The van der Waals surface area contributed by atoms with Gasteiger partial charge in [0.25, 0.3) is 0 Å². The molecule has 1 aliphatic rings. The predicted octanol–water partition coefficient (Wildman–Crippen LogP) is 1.95. The van der Waals surface area contributed by atoms with E-state index in [4.69, 9.17) is 16.7 Å². The van der Waals surface area contributed by atoms with E-state index in [0.717, 1.165) is 6.07 Å². The van der Waals surface area contributed by atoms with Crippen LogP contribution in [0, 0.1) is 11.7 Å². The SMILES string of the molecule is O=C(O)[C@H]1CCN(C(=O)Cc2ccc(F)cc2Cl)C1. The van der Waals surface area contributed by atoms with Gasteiger partial charge in [0.15, 0.2) is 0 Å². The number of aliphatic carboxylic acids is 1. The minimum absolute atomic E-state index is 0.0610. The van der Waals surface area contributed by atoms with Crippen molar-refractivity contribution in [2.75, 3.05) is 13.1 Å². The summed E-state index contributed by atoms with van der Waals surface area (Å²) in [7, 11) is 0. The number of nitrogens with zero attached hydrogens (tertiary/aromatic N) is 1. The number of carboxylic acid groups (broad SMARTS) is 1. The Morgan fingerprint density at radius 1 is 1.47 bits per heavy atom. The number of halogens is 2. The van der Waals surface area contributed by atoms with Gasteiger partial charge in [0.05, 0.1) is 12.3 Å². The molecule has 0 spiro atoms. The molecule has 1 amide bonds. The highest BCUT2D eigenvalue weighted by Crippen LogP contribution is 2.21. The van der Waals surface area contributed by atoms with E-state index in [-0.39, 0.29) is 23.9 Å². The normalized spacial score (nSPS) is 18.6. The monoisotopic (exact) mass is 285 g/mol. The number of carboxylic acids is 1. The maximum absolute atomic E-state index is 12.9. The molecule has 1 fully saturated rings. The van der Waals surface area contributed by atoms with Crippen molar-refractivity contribution in [2.24, 2.45) is 5.92 Å². The summed E-state index contributed by atoms with van der Waals surface area (Å²) >= 11 is 5.85. The molecule has 0 bridgehead atoms. The van der Waals surface area contributed by atoms with Gasteiger partial charge in [-0.15, -0.1) is 0 Å². The van der Waals surface area contributed by atoms with Crippen molar-refractivity contribution in [3.8, 4) is 0 Å². The Balaban J connectivity index is 2.00. The molecular formula is C13H13ClFNO3. The first-order valence-electron chi connectivity index (χ1n) is 5.92. The van der Waals surface area contributed by atoms with Crippen LogP contribution in [0.3, 0.4) is 0 Å². The predicted molar refractivity (Wildman–Crippen MR) is 67.4 cm³/mol. The number of rotatable bonds is 3.